The van der Waals surface area contributed by atoms with Crippen LogP contribution in [0.3, 0.4) is 0 Å². The van der Waals surface area contributed by atoms with E-state index in [0.29, 0.717) is 22.2 Å². The van der Waals surface area contributed by atoms with E-state index in [1.54, 1.807) is 18.2 Å². The molecule has 1 N–H and O–H groups in total. The summed E-state index contributed by atoms with van der Waals surface area (Å²) in [5.41, 5.74) is 2.56. The van der Waals surface area contributed by atoms with Crippen molar-refractivity contribution < 1.29 is 4.79 Å². The number of carbonyl (C=O) groups excluding carboxylic acids is 1. The van der Waals surface area contributed by atoms with Gasteiger partial charge in [0, 0.05) is 21.9 Å². The van der Waals surface area contributed by atoms with Gasteiger partial charge in [0.15, 0.2) is 5.78 Å². The molecular formula is C18H15NO2. The molecule has 0 amide bonds. The van der Waals surface area contributed by atoms with Gasteiger partial charge in [0.05, 0.1) is 11.3 Å². The van der Waals surface area contributed by atoms with E-state index in [1.807, 2.05) is 44.2 Å². The molecule has 4 rings (SSSR count). The zero-order valence-electron chi connectivity index (χ0n) is 11.9. The second-order valence-electron chi connectivity index (χ2n) is 4.62. The van der Waals surface area contributed by atoms with E-state index < -0.39 is 0 Å². The van der Waals surface area contributed by atoms with E-state index in [1.165, 1.54) is 0 Å². The van der Waals surface area contributed by atoms with Crippen LogP contribution in [0.1, 0.15) is 29.8 Å². The molecule has 2 aromatic carbocycles. The van der Waals surface area contributed by atoms with Crippen molar-refractivity contribution in [1.29, 1.82) is 0 Å². The van der Waals surface area contributed by atoms with Gasteiger partial charge in [-0.2, -0.15) is 0 Å². The molecular weight excluding hydrogens is 262 g/mol. The van der Waals surface area contributed by atoms with Crippen LogP contribution < -0.4 is 5.56 Å². The van der Waals surface area contributed by atoms with E-state index in [0.717, 1.165) is 10.9 Å². The van der Waals surface area contributed by atoms with E-state index in [-0.39, 0.29) is 11.3 Å². The lowest BCUT2D eigenvalue weighted by Gasteiger charge is -2.03. The van der Waals surface area contributed by atoms with E-state index in [2.05, 4.69) is 4.98 Å². The minimum atomic E-state index is -0.154. The Balaban J connectivity index is 0.000000636. The molecule has 0 fully saturated rings. The zero-order valence-corrected chi connectivity index (χ0v) is 11.9. The van der Waals surface area contributed by atoms with Crippen molar-refractivity contribution in [2.24, 2.45) is 0 Å². The van der Waals surface area contributed by atoms with Gasteiger partial charge in [-0.15, -0.1) is 0 Å². The smallest absolute Gasteiger partial charge is 0.256 e. The number of aromatic amines is 1. The number of benzene rings is 2. The van der Waals surface area contributed by atoms with Gasteiger partial charge in [0.2, 0.25) is 0 Å². The van der Waals surface area contributed by atoms with Gasteiger partial charge in [0.25, 0.3) is 5.56 Å². The Labute approximate surface area is 122 Å². The molecule has 1 heterocycles. The SMILES string of the molecule is CC.O=C1c2ccccc2-c2[nH]c(=O)c3ccccc3c21. The number of ketones is 1. The van der Waals surface area contributed by atoms with Crippen LogP contribution >= 0.6 is 0 Å². The highest BCUT2D eigenvalue weighted by atomic mass is 16.1. The van der Waals surface area contributed by atoms with Crippen LogP contribution in [-0.2, 0) is 0 Å². The Bertz CT molecular complexity index is 906. The molecule has 1 aromatic heterocycles. The second-order valence-corrected chi connectivity index (χ2v) is 4.62. The highest BCUT2D eigenvalue weighted by Gasteiger charge is 2.29. The molecule has 3 heteroatoms. The van der Waals surface area contributed by atoms with Crippen molar-refractivity contribution in [2.45, 2.75) is 13.8 Å². The van der Waals surface area contributed by atoms with Gasteiger partial charge in [0.1, 0.15) is 0 Å². The molecule has 1 aliphatic carbocycles. The number of fused-ring (bicyclic) bond motifs is 5. The maximum atomic E-state index is 12.5. The summed E-state index contributed by atoms with van der Waals surface area (Å²) in [6.45, 7) is 4.00. The molecule has 0 radical (unpaired) electrons. The van der Waals surface area contributed by atoms with E-state index >= 15 is 0 Å². The molecule has 104 valence electrons. The summed E-state index contributed by atoms with van der Waals surface area (Å²) < 4.78 is 0. The quantitative estimate of drug-likeness (QED) is 0.532. The molecule has 3 aromatic rings. The summed E-state index contributed by atoms with van der Waals surface area (Å²) in [6, 6.07) is 14.6. The van der Waals surface area contributed by atoms with Crippen molar-refractivity contribution >= 4 is 16.6 Å². The largest absolute Gasteiger partial charge is 0.321 e. The van der Waals surface area contributed by atoms with Crippen molar-refractivity contribution in [3.05, 3.63) is 70.0 Å². The van der Waals surface area contributed by atoms with Crippen molar-refractivity contribution in [1.82, 2.24) is 4.98 Å². The summed E-state index contributed by atoms with van der Waals surface area (Å²) in [5, 5.41) is 1.28. The Kier molecular flexibility index (Phi) is 3.18. The summed E-state index contributed by atoms with van der Waals surface area (Å²) in [4.78, 5) is 27.4. The molecule has 0 aliphatic heterocycles. The standard InChI is InChI=1S/C16H9NO2.C2H6/c18-15-11-7-3-2-6-10(11)14-13(15)9-5-1-4-8-12(9)16(19)17-14;1-2/h1-8H,(H,17,19);1-2H3. The number of aromatic nitrogens is 1. The number of hydrogen-bond donors (Lipinski definition) is 1. The fourth-order valence-corrected chi connectivity index (χ4v) is 2.75. The maximum Gasteiger partial charge on any atom is 0.256 e. The summed E-state index contributed by atoms with van der Waals surface area (Å²) in [6.07, 6.45) is 0. The molecule has 0 saturated heterocycles. The van der Waals surface area contributed by atoms with E-state index in [9.17, 15) is 9.59 Å². The molecule has 3 nitrogen and oxygen atoms in total. The first-order chi connectivity index (χ1) is 10.3. The molecule has 0 atom stereocenters. The molecule has 0 unspecified atom stereocenters. The first-order valence-corrected chi connectivity index (χ1v) is 7.06. The molecule has 1 aliphatic rings. The summed E-state index contributed by atoms with van der Waals surface area (Å²) in [7, 11) is 0. The monoisotopic (exact) mass is 277 g/mol. The maximum absolute atomic E-state index is 12.5. The van der Waals surface area contributed by atoms with Gasteiger partial charge in [-0.3, -0.25) is 9.59 Å². The third-order valence-corrected chi connectivity index (χ3v) is 3.60. The second kappa shape index (κ2) is 5.02. The minimum Gasteiger partial charge on any atom is -0.321 e. The Morgan fingerprint density at radius 3 is 2.05 bits per heavy atom. The minimum absolute atomic E-state index is 0.0157. The van der Waals surface area contributed by atoms with Gasteiger partial charge in [-0.05, 0) is 6.07 Å². The van der Waals surface area contributed by atoms with Gasteiger partial charge < -0.3 is 4.98 Å². The summed E-state index contributed by atoms with van der Waals surface area (Å²) in [5.74, 6) is -0.0157. The van der Waals surface area contributed by atoms with Crippen molar-refractivity contribution in [3.63, 3.8) is 0 Å². The lowest BCUT2D eigenvalue weighted by atomic mass is 10.0. The van der Waals surface area contributed by atoms with Crippen LogP contribution in [-0.4, -0.2) is 10.8 Å². The predicted octanol–water partition coefficient (Wildman–Crippen LogP) is 3.77. The molecule has 21 heavy (non-hydrogen) atoms. The van der Waals surface area contributed by atoms with Crippen LogP contribution in [0.5, 0.6) is 0 Å². The van der Waals surface area contributed by atoms with Crippen LogP contribution in [0.2, 0.25) is 0 Å². The number of nitrogens with one attached hydrogen (secondary N) is 1. The topological polar surface area (TPSA) is 49.9 Å². The van der Waals surface area contributed by atoms with Crippen LogP contribution in [0.25, 0.3) is 22.0 Å². The number of hydrogen-bond acceptors (Lipinski definition) is 2. The highest BCUT2D eigenvalue weighted by molar-refractivity contribution is 6.26. The van der Waals surface area contributed by atoms with Gasteiger partial charge in [-0.1, -0.05) is 56.3 Å². The van der Waals surface area contributed by atoms with Crippen molar-refractivity contribution in [3.8, 4) is 11.3 Å². The fourth-order valence-electron chi connectivity index (χ4n) is 2.75. The van der Waals surface area contributed by atoms with Gasteiger partial charge in [-0.25, -0.2) is 0 Å². The highest BCUT2D eigenvalue weighted by Crippen LogP contribution is 2.37. The Morgan fingerprint density at radius 1 is 0.762 bits per heavy atom. The van der Waals surface area contributed by atoms with Crippen LogP contribution in [0, 0.1) is 0 Å². The number of rotatable bonds is 0. The molecule has 0 bridgehead atoms. The fraction of sp³-hybridized carbons (Fsp3) is 0.111. The predicted molar refractivity (Wildman–Crippen MR) is 84.8 cm³/mol. The average molecular weight is 277 g/mol. The molecule has 0 saturated carbocycles. The zero-order chi connectivity index (χ0) is 15.0. The first-order valence-electron chi connectivity index (χ1n) is 7.06. The summed E-state index contributed by atoms with van der Waals surface area (Å²) >= 11 is 0. The lowest BCUT2D eigenvalue weighted by Crippen LogP contribution is -2.09. The molecule has 0 spiro atoms. The number of pyridine rings is 1. The van der Waals surface area contributed by atoms with Crippen LogP contribution in [0.15, 0.2) is 53.3 Å². The van der Waals surface area contributed by atoms with Crippen LogP contribution in [0.4, 0.5) is 0 Å². The first kappa shape index (κ1) is 13.3. The average Bonchev–Trinajstić information content (AvgIpc) is 2.83. The number of carbonyl (C=O) groups is 1. The lowest BCUT2D eigenvalue weighted by molar-refractivity contribution is 0.104. The normalized spacial score (nSPS) is 11.6. The Hall–Kier alpha value is -2.68. The third-order valence-electron chi connectivity index (χ3n) is 3.60. The third kappa shape index (κ3) is 1.82. The number of H-pyrrole nitrogens is 1. The van der Waals surface area contributed by atoms with Gasteiger partial charge >= 0.3 is 0 Å². The van der Waals surface area contributed by atoms with E-state index in [4.69, 9.17) is 0 Å². The Morgan fingerprint density at radius 2 is 1.33 bits per heavy atom. The van der Waals surface area contributed by atoms with Crippen molar-refractivity contribution in [2.75, 3.05) is 0 Å².